The zero-order chi connectivity index (χ0) is 16.7. The molecule has 3 unspecified atom stereocenters. The number of fused-ring (bicyclic) bond motifs is 1. The van der Waals surface area contributed by atoms with Gasteiger partial charge in [-0.25, -0.2) is 0 Å². The Morgan fingerprint density at radius 1 is 1.12 bits per heavy atom. The quantitative estimate of drug-likeness (QED) is 0.922. The maximum absolute atomic E-state index is 12.9. The lowest BCUT2D eigenvalue weighted by molar-refractivity contribution is -0.159. The highest BCUT2D eigenvalue weighted by Crippen LogP contribution is 2.49. The SMILES string of the molecule is O=C(CC1(C(=O)O)CCC1)N1CC(c2ccccc2)C2CCCC21. The predicted octanol–water partition coefficient (Wildman–Crippen LogP) is 3.43. The molecule has 1 saturated heterocycles. The van der Waals surface area contributed by atoms with Crippen LogP contribution >= 0.6 is 0 Å². The van der Waals surface area contributed by atoms with Gasteiger partial charge < -0.3 is 10.0 Å². The van der Waals surface area contributed by atoms with E-state index in [1.165, 1.54) is 18.4 Å². The second-order valence-corrected chi connectivity index (χ2v) is 7.84. The first-order valence-corrected chi connectivity index (χ1v) is 9.18. The number of nitrogens with zero attached hydrogens (tertiary/aromatic N) is 1. The van der Waals surface area contributed by atoms with Crippen LogP contribution in [0.3, 0.4) is 0 Å². The molecule has 4 heteroatoms. The van der Waals surface area contributed by atoms with Crippen molar-refractivity contribution in [3.8, 4) is 0 Å². The molecule has 2 saturated carbocycles. The molecule has 1 aromatic rings. The Kier molecular flexibility index (Phi) is 3.86. The largest absolute Gasteiger partial charge is 0.481 e. The highest BCUT2D eigenvalue weighted by Gasteiger charge is 2.51. The molecule has 1 aromatic carbocycles. The molecular formula is C20H25NO3. The normalized spacial score (nSPS) is 30.7. The zero-order valence-electron chi connectivity index (χ0n) is 14.0. The minimum Gasteiger partial charge on any atom is -0.481 e. The molecule has 1 N–H and O–H groups in total. The van der Waals surface area contributed by atoms with Crippen molar-refractivity contribution in [3.05, 3.63) is 35.9 Å². The molecule has 0 radical (unpaired) electrons. The zero-order valence-corrected chi connectivity index (χ0v) is 14.0. The molecule has 0 bridgehead atoms. The van der Waals surface area contributed by atoms with Gasteiger partial charge in [0.05, 0.1) is 5.41 Å². The van der Waals surface area contributed by atoms with E-state index in [0.717, 1.165) is 19.4 Å². The van der Waals surface area contributed by atoms with Crippen molar-refractivity contribution in [2.24, 2.45) is 11.3 Å². The van der Waals surface area contributed by atoms with E-state index in [9.17, 15) is 14.7 Å². The van der Waals surface area contributed by atoms with Crippen LogP contribution in [-0.4, -0.2) is 34.5 Å². The maximum Gasteiger partial charge on any atom is 0.310 e. The standard InChI is InChI=1S/C20H25NO3/c22-18(12-20(19(23)24)10-5-11-20)21-13-16(14-6-2-1-3-7-14)15-8-4-9-17(15)21/h1-3,6-7,15-17H,4-5,8-13H2,(H,23,24). The number of benzene rings is 1. The summed E-state index contributed by atoms with van der Waals surface area (Å²) in [6.07, 6.45) is 5.84. The van der Waals surface area contributed by atoms with Crippen molar-refractivity contribution in [1.29, 1.82) is 0 Å². The molecule has 0 aromatic heterocycles. The molecule has 3 fully saturated rings. The van der Waals surface area contributed by atoms with Crippen LogP contribution in [0.25, 0.3) is 0 Å². The predicted molar refractivity (Wildman–Crippen MR) is 90.6 cm³/mol. The number of carboxylic acid groups (broad SMARTS) is 1. The fourth-order valence-corrected chi connectivity index (χ4v) is 5.11. The Labute approximate surface area is 142 Å². The summed E-state index contributed by atoms with van der Waals surface area (Å²) in [4.78, 5) is 26.6. The van der Waals surface area contributed by atoms with Crippen LogP contribution < -0.4 is 0 Å². The number of carboxylic acids is 1. The van der Waals surface area contributed by atoms with Gasteiger partial charge in [-0.3, -0.25) is 9.59 Å². The average Bonchev–Trinajstić information content (AvgIpc) is 3.13. The second-order valence-electron chi connectivity index (χ2n) is 7.84. The molecule has 1 aliphatic heterocycles. The number of carbonyl (C=O) groups is 2. The molecule has 4 rings (SSSR count). The van der Waals surface area contributed by atoms with Gasteiger partial charge in [-0.2, -0.15) is 0 Å². The first-order valence-electron chi connectivity index (χ1n) is 9.18. The molecule has 128 valence electrons. The van der Waals surface area contributed by atoms with Crippen LogP contribution in [0.5, 0.6) is 0 Å². The fraction of sp³-hybridized carbons (Fsp3) is 0.600. The smallest absolute Gasteiger partial charge is 0.310 e. The molecule has 1 amide bonds. The summed E-state index contributed by atoms with van der Waals surface area (Å²) >= 11 is 0. The van der Waals surface area contributed by atoms with Crippen LogP contribution in [0.2, 0.25) is 0 Å². The Hall–Kier alpha value is -1.84. The Bertz CT molecular complexity index is 638. The van der Waals surface area contributed by atoms with Crippen molar-refractivity contribution < 1.29 is 14.7 Å². The summed E-state index contributed by atoms with van der Waals surface area (Å²) in [7, 11) is 0. The number of hydrogen-bond donors (Lipinski definition) is 1. The van der Waals surface area contributed by atoms with Gasteiger partial charge in [0, 0.05) is 24.9 Å². The molecule has 3 aliphatic rings. The summed E-state index contributed by atoms with van der Waals surface area (Å²) in [5.74, 6) is 0.222. The number of carbonyl (C=O) groups excluding carboxylic acids is 1. The van der Waals surface area contributed by atoms with Crippen LogP contribution in [0.1, 0.15) is 56.4 Å². The lowest BCUT2D eigenvalue weighted by atomic mass is 9.66. The number of rotatable bonds is 4. The van der Waals surface area contributed by atoms with Crippen LogP contribution in [0.15, 0.2) is 30.3 Å². The van der Waals surface area contributed by atoms with Crippen LogP contribution in [0, 0.1) is 11.3 Å². The van der Waals surface area contributed by atoms with E-state index < -0.39 is 11.4 Å². The third-order valence-electron chi connectivity index (χ3n) is 6.64. The molecule has 24 heavy (non-hydrogen) atoms. The molecule has 4 nitrogen and oxygen atoms in total. The highest BCUT2D eigenvalue weighted by molar-refractivity contribution is 5.86. The van der Waals surface area contributed by atoms with E-state index in [0.29, 0.717) is 30.7 Å². The van der Waals surface area contributed by atoms with Gasteiger partial charge in [-0.05, 0) is 37.2 Å². The molecular weight excluding hydrogens is 302 g/mol. The van der Waals surface area contributed by atoms with Gasteiger partial charge in [0.25, 0.3) is 0 Å². The van der Waals surface area contributed by atoms with Gasteiger partial charge in [-0.1, -0.05) is 43.2 Å². The summed E-state index contributed by atoms with van der Waals surface area (Å²) in [6, 6.07) is 10.8. The molecule has 1 heterocycles. The molecule has 0 spiro atoms. The summed E-state index contributed by atoms with van der Waals surface area (Å²) in [5.41, 5.74) is 0.539. The van der Waals surface area contributed by atoms with Crippen molar-refractivity contribution in [1.82, 2.24) is 4.90 Å². The first kappa shape index (κ1) is 15.7. The third kappa shape index (κ3) is 2.43. The Morgan fingerprint density at radius 2 is 1.88 bits per heavy atom. The van der Waals surface area contributed by atoms with Gasteiger partial charge in [0.1, 0.15) is 0 Å². The maximum atomic E-state index is 12.9. The van der Waals surface area contributed by atoms with Gasteiger partial charge in [-0.15, -0.1) is 0 Å². The number of hydrogen-bond acceptors (Lipinski definition) is 2. The summed E-state index contributed by atoms with van der Waals surface area (Å²) in [5, 5.41) is 9.52. The molecule has 3 atom stereocenters. The van der Waals surface area contributed by atoms with E-state index in [1.54, 1.807) is 0 Å². The van der Waals surface area contributed by atoms with Crippen molar-refractivity contribution >= 4 is 11.9 Å². The van der Waals surface area contributed by atoms with E-state index in [-0.39, 0.29) is 12.3 Å². The third-order valence-corrected chi connectivity index (χ3v) is 6.64. The van der Waals surface area contributed by atoms with Crippen LogP contribution in [0.4, 0.5) is 0 Å². The lowest BCUT2D eigenvalue weighted by Crippen LogP contribution is -2.45. The number of amides is 1. The first-order chi connectivity index (χ1) is 11.6. The Morgan fingerprint density at radius 3 is 2.50 bits per heavy atom. The number of aliphatic carboxylic acids is 1. The van der Waals surface area contributed by atoms with Gasteiger partial charge >= 0.3 is 5.97 Å². The summed E-state index contributed by atoms with van der Waals surface area (Å²) < 4.78 is 0. The minimum atomic E-state index is -0.788. The van der Waals surface area contributed by atoms with E-state index in [4.69, 9.17) is 0 Å². The number of likely N-dealkylation sites (tertiary alicyclic amines) is 1. The summed E-state index contributed by atoms with van der Waals surface area (Å²) in [6.45, 7) is 0.758. The second kappa shape index (κ2) is 5.91. The Balaban J connectivity index is 1.53. The van der Waals surface area contributed by atoms with Crippen molar-refractivity contribution in [3.63, 3.8) is 0 Å². The van der Waals surface area contributed by atoms with Crippen LogP contribution in [-0.2, 0) is 9.59 Å². The van der Waals surface area contributed by atoms with Crippen molar-refractivity contribution in [2.45, 2.75) is 56.9 Å². The topological polar surface area (TPSA) is 57.6 Å². The molecule has 2 aliphatic carbocycles. The van der Waals surface area contributed by atoms with E-state index in [1.807, 2.05) is 11.0 Å². The van der Waals surface area contributed by atoms with E-state index >= 15 is 0 Å². The monoisotopic (exact) mass is 327 g/mol. The average molecular weight is 327 g/mol. The lowest BCUT2D eigenvalue weighted by Gasteiger charge is -2.38. The van der Waals surface area contributed by atoms with Gasteiger partial charge in [0.2, 0.25) is 5.91 Å². The van der Waals surface area contributed by atoms with Gasteiger partial charge in [0.15, 0.2) is 0 Å². The fourth-order valence-electron chi connectivity index (χ4n) is 5.11. The highest BCUT2D eigenvalue weighted by atomic mass is 16.4. The minimum absolute atomic E-state index is 0.0624. The van der Waals surface area contributed by atoms with Crippen molar-refractivity contribution in [2.75, 3.05) is 6.54 Å². The van der Waals surface area contributed by atoms with E-state index in [2.05, 4.69) is 24.3 Å².